The third kappa shape index (κ3) is 3.26. The molecule has 2 aromatic rings. The van der Waals surface area contributed by atoms with Crippen LogP contribution in [0, 0.1) is 0 Å². The van der Waals surface area contributed by atoms with Crippen molar-refractivity contribution < 1.29 is 19.4 Å². The van der Waals surface area contributed by atoms with E-state index in [2.05, 4.69) is 0 Å². The van der Waals surface area contributed by atoms with Gasteiger partial charge in [0.25, 0.3) is 5.56 Å². The molecule has 1 aromatic heterocycles. The van der Waals surface area contributed by atoms with Crippen LogP contribution in [0.3, 0.4) is 0 Å². The van der Waals surface area contributed by atoms with E-state index in [9.17, 15) is 19.5 Å². The van der Waals surface area contributed by atoms with E-state index in [4.69, 9.17) is 4.74 Å². The van der Waals surface area contributed by atoms with Gasteiger partial charge in [-0.15, -0.1) is 0 Å². The molecule has 6 heteroatoms. The van der Waals surface area contributed by atoms with Crippen LogP contribution in [0.25, 0.3) is 10.9 Å². The number of hydrogen-bond donors (Lipinski definition) is 1. The molecule has 0 bridgehead atoms. The number of fused-ring (bicyclic) bond motifs is 1. The highest BCUT2D eigenvalue weighted by Crippen LogP contribution is 2.29. The molecule has 0 aliphatic carbocycles. The van der Waals surface area contributed by atoms with Gasteiger partial charge in [-0.3, -0.25) is 14.2 Å². The Kier molecular flexibility index (Phi) is 4.54. The van der Waals surface area contributed by atoms with Crippen molar-refractivity contribution in [3.63, 3.8) is 0 Å². The zero-order valence-electron chi connectivity index (χ0n) is 13.5. The molecule has 0 saturated carbocycles. The summed E-state index contributed by atoms with van der Waals surface area (Å²) in [5.74, 6) is -0.976. The summed E-state index contributed by atoms with van der Waals surface area (Å²) in [5, 5.41) is 9.78. The zero-order valence-corrected chi connectivity index (χ0v) is 13.5. The first-order chi connectivity index (χ1) is 10.7. The van der Waals surface area contributed by atoms with Crippen LogP contribution in [0.5, 0.6) is 5.75 Å². The molecule has 0 saturated heterocycles. The Balaban J connectivity index is 2.90. The van der Waals surface area contributed by atoms with E-state index in [1.165, 1.54) is 29.7 Å². The topological polar surface area (TPSA) is 85.6 Å². The number of aromatic nitrogens is 1. The predicted molar refractivity (Wildman–Crippen MR) is 86.3 cm³/mol. The lowest BCUT2D eigenvalue weighted by atomic mass is 10.1. The number of pyridine rings is 1. The molecule has 1 atom stereocenters. The number of hydrogen-bond acceptors (Lipinski definition) is 4. The minimum atomic E-state index is -1.09. The fourth-order valence-electron chi connectivity index (χ4n) is 2.40. The first-order valence-corrected chi connectivity index (χ1v) is 7.32. The van der Waals surface area contributed by atoms with Crippen molar-refractivity contribution in [1.82, 2.24) is 4.57 Å². The standard InChI is InChI=1S/C17H19NO5/c1-9(2)23-14-8-13(17(21)22)7-12-5-6-15(20)18(16(12)14)10(3)11(4)19/h5-10H,1-4H3,(H,21,22). The number of carboxylic acid groups (broad SMARTS) is 1. The molecule has 1 unspecified atom stereocenters. The SMILES string of the molecule is CC(=O)C(C)n1c(=O)ccc2cc(C(=O)O)cc(OC(C)C)c21. The summed E-state index contributed by atoms with van der Waals surface area (Å²) in [6, 6.07) is 5.05. The van der Waals surface area contributed by atoms with Crippen molar-refractivity contribution in [3.8, 4) is 5.75 Å². The minimum absolute atomic E-state index is 0.0637. The van der Waals surface area contributed by atoms with Crippen molar-refractivity contribution in [3.05, 3.63) is 40.2 Å². The number of ether oxygens (including phenoxy) is 1. The maximum absolute atomic E-state index is 12.3. The molecule has 0 fully saturated rings. The Morgan fingerprint density at radius 3 is 2.35 bits per heavy atom. The molecule has 0 spiro atoms. The van der Waals surface area contributed by atoms with Crippen LogP contribution in [0.1, 0.15) is 44.1 Å². The lowest BCUT2D eigenvalue weighted by Gasteiger charge is -2.20. The van der Waals surface area contributed by atoms with E-state index in [0.717, 1.165) is 0 Å². The van der Waals surface area contributed by atoms with Crippen LogP contribution in [0.4, 0.5) is 0 Å². The maximum atomic E-state index is 12.3. The Labute approximate surface area is 133 Å². The number of Topliss-reactive ketones (excluding diaryl/α,β-unsaturated/α-hetero) is 1. The Hall–Kier alpha value is -2.63. The second kappa shape index (κ2) is 6.24. The number of carbonyl (C=O) groups excluding carboxylic acids is 1. The summed E-state index contributed by atoms with van der Waals surface area (Å²) in [5.41, 5.74) is 0.157. The summed E-state index contributed by atoms with van der Waals surface area (Å²) < 4.78 is 7.06. The fourth-order valence-corrected chi connectivity index (χ4v) is 2.40. The molecular formula is C17H19NO5. The fraction of sp³-hybridized carbons (Fsp3) is 0.353. The van der Waals surface area contributed by atoms with E-state index >= 15 is 0 Å². The number of carbonyl (C=O) groups is 2. The van der Waals surface area contributed by atoms with Gasteiger partial charge in [0, 0.05) is 11.5 Å². The maximum Gasteiger partial charge on any atom is 0.335 e. The normalized spacial score (nSPS) is 12.4. The van der Waals surface area contributed by atoms with Crippen LogP contribution >= 0.6 is 0 Å². The molecule has 1 aromatic carbocycles. The largest absolute Gasteiger partial charge is 0.489 e. The van der Waals surface area contributed by atoms with Gasteiger partial charge in [-0.25, -0.2) is 4.79 Å². The van der Waals surface area contributed by atoms with E-state index in [1.54, 1.807) is 26.8 Å². The Morgan fingerprint density at radius 2 is 1.83 bits per heavy atom. The van der Waals surface area contributed by atoms with Crippen LogP contribution in [-0.2, 0) is 4.79 Å². The average Bonchev–Trinajstić information content (AvgIpc) is 2.45. The number of ketones is 1. The van der Waals surface area contributed by atoms with Gasteiger partial charge in [-0.1, -0.05) is 0 Å². The molecule has 1 N–H and O–H groups in total. The van der Waals surface area contributed by atoms with E-state index in [1.807, 2.05) is 0 Å². The number of benzene rings is 1. The highest BCUT2D eigenvalue weighted by Gasteiger charge is 2.20. The van der Waals surface area contributed by atoms with Gasteiger partial charge in [-0.05, 0) is 45.9 Å². The van der Waals surface area contributed by atoms with Gasteiger partial charge in [0.05, 0.1) is 23.2 Å². The second-order valence-electron chi connectivity index (χ2n) is 5.71. The number of nitrogens with zero attached hydrogens (tertiary/aromatic N) is 1. The minimum Gasteiger partial charge on any atom is -0.489 e. The quantitative estimate of drug-likeness (QED) is 0.916. The highest BCUT2D eigenvalue weighted by atomic mass is 16.5. The van der Waals surface area contributed by atoms with Gasteiger partial charge in [0.2, 0.25) is 0 Å². The molecule has 0 aliphatic heterocycles. The smallest absolute Gasteiger partial charge is 0.335 e. The molecule has 2 rings (SSSR count). The summed E-state index contributed by atoms with van der Waals surface area (Å²) in [6.07, 6.45) is -0.210. The van der Waals surface area contributed by atoms with Crippen molar-refractivity contribution in [1.29, 1.82) is 0 Å². The summed E-state index contributed by atoms with van der Waals surface area (Å²) in [6.45, 7) is 6.65. The van der Waals surface area contributed by atoms with Crippen LogP contribution in [0.2, 0.25) is 0 Å². The first kappa shape index (κ1) is 16.7. The Morgan fingerprint density at radius 1 is 1.17 bits per heavy atom. The second-order valence-corrected chi connectivity index (χ2v) is 5.71. The van der Waals surface area contributed by atoms with E-state index < -0.39 is 12.0 Å². The molecule has 0 radical (unpaired) electrons. The highest BCUT2D eigenvalue weighted by molar-refractivity contribution is 5.97. The van der Waals surface area contributed by atoms with Crippen LogP contribution in [0.15, 0.2) is 29.1 Å². The van der Waals surface area contributed by atoms with Crippen molar-refractivity contribution in [2.24, 2.45) is 0 Å². The summed E-state index contributed by atoms with van der Waals surface area (Å²) in [7, 11) is 0. The third-order valence-corrected chi connectivity index (χ3v) is 3.57. The van der Waals surface area contributed by atoms with Gasteiger partial charge in [-0.2, -0.15) is 0 Å². The first-order valence-electron chi connectivity index (χ1n) is 7.32. The molecule has 122 valence electrons. The number of carboxylic acids is 1. The molecule has 6 nitrogen and oxygen atoms in total. The number of aromatic carboxylic acids is 1. The molecule has 0 amide bonds. The lowest BCUT2D eigenvalue weighted by Crippen LogP contribution is -2.27. The van der Waals surface area contributed by atoms with E-state index in [-0.39, 0.29) is 28.8 Å². The van der Waals surface area contributed by atoms with Crippen molar-refractivity contribution in [2.45, 2.75) is 39.8 Å². The molecular weight excluding hydrogens is 298 g/mol. The van der Waals surface area contributed by atoms with Gasteiger partial charge >= 0.3 is 5.97 Å². The summed E-state index contributed by atoms with van der Waals surface area (Å²) in [4.78, 5) is 35.3. The molecule has 0 aliphatic rings. The number of rotatable bonds is 5. The predicted octanol–water partition coefficient (Wildman–Crippen LogP) is 2.64. The van der Waals surface area contributed by atoms with Crippen LogP contribution < -0.4 is 10.3 Å². The molecule has 23 heavy (non-hydrogen) atoms. The average molecular weight is 317 g/mol. The lowest BCUT2D eigenvalue weighted by molar-refractivity contribution is -0.119. The van der Waals surface area contributed by atoms with E-state index in [0.29, 0.717) is 10.9 Å². The third-order valence-electron chi connectivity index (χ3n) is 3.57. The van der Waals surface area contributed by atoms with Crippen molar-refractivity contribution >= 4 is 22.7 Å². The monoisotopic (exact) mass is 317 g/mol. The van der Waals surface area contributed by atoms with Gasteiger partial charge in [0.15, 0.2) is 5.78 Å². The molecule has 1 heterocycles. The summed E-state index contributed by atoms with van der Waals surface area (Å²) >= 11 is 0. The van der Waals surface area contributed by atoms with Crippen molar-refractivity contribution in [2.75, 3.05) is 0 Å². The Bertz CT molecular complexity index is 835. The van der Waals surface area contributed by atoms with Gasteiger partial charge < -0.3 is 9.84 Å². The van der Waals surface area contributed by atoms with Crippen LogP contribution in [-0.4, -0.2) is 27.5 Å². The zero-order chi connectivity index (χ0) is 17.3. The van der Waals surface area contributed by atoms with Gasteiger partial charge in [0.1, 0.15) is 5.75 Å².